The molecule has 1 aliphatic heterocycles. The molecular formula is C20H18N4O. The van der Waals surface area contributed by atoms with Crippen LogP contribution in [-0.4, -0.2) is 22.4 Å². The third-order valence-corrected chi connectivity index (χ3v) is 4.32. The lowest BCUT2D eigenvalue weighted by atomic mass is 10.0. The van der Waals surface area contributed by atoms with E-state index in [-0.39, 0.29) is 5.91 Å². The lowest BCUT2D eigenvalue weighted by Crippen LogP contribution is -2.28. The Hall–Kier alpha value is -3.21. The number of aryl methyl sites for hydroxylation is 1. The molecule has 5 nitrogen and oxygen atoms in total. The summed E-state index contributed by atoms with van der Waals surface area (Å²) in [6.07, 6.45) is 7.13. The van der Waals surface area contributed by atoms with Crippen molar-refractivity contribution < 1.29 is 4.79 Å². The average Bonchev–Trinajstić information content (AvgIpc) is 2.68. The van der Waals surface area contributed by atoms with E-state index in [1.807, 2.05) is 18.2 Å². The number of anilines is 3. The Kier molecular flexibility index (Phi) is 4.12. The van der Waals surface area contributed by atoms with Crippen molar-refractivity contribution in [2.24, 2.45) is 0 Å². The highest BCUT2D eigenvalue weighted by atomic mass is 16.1. The molecule has 3 heterocycles. The van der Waals surface area contributed by atoms with Gasteiger partial charge in [0, 0.05) is 24.6 Å². The summed E-state index contributed by atoms with van der Waals surface area (Å²) in [5.41, 5.74) is 3.64. The van der Waals surface area contributed by atoms with Crippen LogP contribution in [0.2, 0.25) is 0 Å². The fourth-order valence-corrected chi connectivity index (χ4v) is 3.18. The molecule has 25 heavy (non-hydrogen) atoms. The molecule has 0 atom stereocenters. The minimum atomic E-state index is -0.181. The Bertz CT molecular complexity index is 895. The van der Waals surface area contributed by atoms with Crippen LogP contribution in [0.15, 0.2) is 67.1 Å². The number of carbonyl (C=O) groups excluding carboxylic acids is 1. The van der Waals surface area contributed by atoms with Gasteiger partial charge in [0.05, 0.1) is 17.4 Å². The molecule has 1 N–H and O–H groups in total. The number of nitrogens with one attached hydrogen (secondary N) is 1. The quantitative estimate of drug-likeness (QED) is 0.793. The van der Waals surface area contributed by atoms with E-state index in [9.17, 15) is 4.79 Å². The van der Waals surface area contributed by atoms with Crippen molar-refractivity contribution in [2.75, 3.05) is 16.8 Å². The second kappa shape index (κ2) is 6.73. The zero-order valence-electron chi connectivity index (χ0n) is 13.7. The molecule has 1 aliphatic rings. The summed E-state index contributed by atoms with van der Waals surface area (Å²) in [5.74, 6) is 0.509. The van der Waals surface area contributed by atoms with Gasteiger partial charge < -0.3 is 10.2 Å². The molecule has 0 radical (unpaired) electrons. The minimum absolute atomic E-state index is 0.181. The molecule has 3 aromatic rings. The van der Waals surface area contributed by atoms with Crippen LogP contribution < -0.4 is 10.2 Å². The third kappa shape index (κ3) is 3.08. The molecule has 0 saturated heterocycles. The van der Waals surface area contributed by atoms with Gasteiger partial charge in [-0.1, -0.05) is 18.2 Å². The number of carbonyl (C=O) groups is 1. The molecule has 124 valence electrons. The number of aromatic nitrogens is 2. The molecular weight excluding hydrogens is 312 g/mol. The van der Waals surface area contributed by atoms with Crippen molar-refractivity contribution >= 4 is 23.1 Å². The summed E-state index contributed by atoms with van der Waals surface area (Å²) in [6.45, 7) is 0.848. The summed E-state index contributed by atoms with van der Waals surface area (Å²) in [5, 5.41) is 2.89. The van der Waals surface area contributed by atoms with Gasteiger partial charge in [-0.05, 0) is 48.7 Å². The van der Waals surface area contributed by atoms with E-state index in [0.717, 1.165) is 25.1 Å². The largest absolute Gasteiger partial charge is 0.325 e. The fraction of sp³-hybridized carbons (Fsp3) is 0.150. The van der Waals surface area contributed by atoms with E-state index in [2.05, 4.69) is 38.4 Å². The van der Waals surface area contributed by atoms with Gasteiger partial charge in [0.1, 0.15) is 5.82 Å². The monoisotopic (exact) mass is 330 g/mol. The molecule has 1 amide bonds. The Morgan fingerprint density at radius 3 is 2.80 bits per heavy atom. The first-order valence-corrected chi connectivity index (χ1v) is 8.35. The van der Waals surface area contributed by atoms with Crippen molar-refractivity contribution in [3.05, 3.63) is 78.2 Å². The first-order valence-electron chi connectivity index (χ1n) is 8.35. The molecule has 1 aromatic carbocycles. The second-order valence-electron chi connectivity index (χ2n) is 5.95. The van der Waals surface area contributed by atoms with E-state index in [1.54, 1.807) is 30.7 Å². The highest BCUT2D eigenvalue weighted by molar-refractivity contribution is 6.08. The second-order valence-corrected chi connectivity index (χ2v) is 5.95. The Morgan fingerprint density at radius 2 is 1.92 bits per heavy atom. The van der Waals surface area contributed by atoms with Gasteiger partial charge >= 0.3 is 0 Å². The van der Waals surface area contributed by atoms with E-state index in [4.69, 9.17) is 0 Å². The number of para-hydroxylation sites is 1. The first-order chi connectivity index (χ1) is 12.3. The van der Waals surface area contributed by atoms with Crippen molar-refractivity contribution in [1.82, 2.24) is 9.97 Å². The maximum atomic E-state index is 12.8. The number of fused-ring (bicyclic) bond motifs is 1. The number of hydrogen-bond donors (Lipinski definition) is 1. The van der Waals surface area contributed by atoms with Crippen molar-refractivity contribution in [2.45, 2.75) is 12.8 Å². The average molecular weight is 330 g/mol. The van der Waals surface area contributed by atoms with Crippen LogP contribution in [0, 0.1) is 0 Å². The van der Waals surface area contributed by atoms with Crippen LogP contribution in [0.5, 0.6) is 0 Å². The van der Waals surface area contributed by atoms with Crippen molar-refractivity contribution in [3.63, 3.8) is 0 Å². The lowest BCUT2D eigenvalue weighted by molar-refractivity contribution is 0.102. The molecule has 0 unspecified atom stereocenters. The Labute approximate surface area is 146 Å². The Balaban J connectivity index is 1.70. The van der Waals surface area contributed by atoms with Gasteiger partial charge in [0.25, 0.3) is 5.91 Å². The van der Waals surface area contributed by atoms with E-state index in [1.165, 1.54) is 5.56 Å². The fourth-order valence-electron chi connectivity index (χ4n) is 3.18. The maximum absolute atomic E-state index is 12.8. The summed E-state index contributed by atoms with van der Waals surface area (Å²) in [4.78, 5) is 23.5. The van der Waals surface area contributed by atoms with E-state index < -0.39 is 0 Å². The first kappa shape index (κ1) is 15.3. The van der Waals surface area contributed by atoms with Gasteiger partial charge in [-0.15, -0.1) is 0 Å². The van der Waals surface area contributed by atoms with Crippen molar-refractivity contribution in [3.8, 4) is 0 Å². The number of amides is 1. The predicted molar refractivity (Wildman–Crippen MR) is 98.2 cm³/mol. The summed E-state index contributed by atoms with van der Waals surface area (Å²) < 4.78 is 0. The minimum Gasteiger partial charge on any atom is -0.325 e. The van der Waals surface area contributed by atoms with E-state index >= 15 is 0 Å². The van der Waals surface area contributed by atoms with Crippen LogP contribution in [0.3, 0.4) is 0 Å². The lowest BCUT2D eigenvalue weighted by Gasteiger charge is -2.31. The van der Waals surface area contributed by atoms with Gasteiger partial charge in [-0.25, -0.2) is 4.98 Å². The van der Waals surface area contributed by atoms with Crippen LogP contribution in [0.4, 0.5) is 17.2 Å². The number of hydrogen-bond acceptors (Lipinski definition) is 4. The molecule has 5 heteroatoms. The van der Waals surface area contributed by atoms with Crippen LogP contribution >= 0.6 is 0 Å². The summed E-state index contributed by atoms with van der Waals surface area (Å²) >= 11 is 0. The number of nitrogens with zero attached hydrogens (tertiary/aromatic N) is 3. The highest BCUT2D eigenvalue weighted by Gasteiger charge is 2.23. The molecule has 2 aromatic heterocycles. The predicted octanol–water partition coefficient (Wildman–Crippen LogP) is 3.81. The van der Waals surface area contributed by atoms with E-state index in [0.29, 0.717) is 17.1 Å². The topological polar surface area (TPSA) is 58.1 Å². The van der Waals surface area contributed by atoms with Gasteiger partial charge in [-0.2, -0.15) is 0 Å². The van der Waals surface area contributed by atoms with Crippen molar-refractivity contribution in [1.29, 1.82) is 0 Å². The van der Waals surface area contributed by atoms with Gasteiger partial charge in [0.15, 0.2) is 0 Å². The van der Waals surface area contributed by atoms with Crippen LogP contribution in [0.1, 0.15) is 22.3 Å². The number of benzene rings is 1. The highest BCUT2D eigenvalue weighted by Crippen LogP contribution is 2.34. The third-order valence-electron chi connectivity index (χ3n) is 4.32. The number of pyridine rings is 2. The van der Waals surface area contributed by atoms with Crippen LogP contribution in [0.25, 0.3) is 0 Å². The zero-order chi connectivity index (χ0) is 17.1. The Morgan fingerprint density at radius 1 is 1.04 bits per heavy atom. The summed E-state index contributed by atoms with van der Waals surface area (Å²) in [6, 6.07) is 15.5. The normalized spacial score (nSPS) is 13.2. The molecule has 4 rings (SSSR count). The maximum Gasteiger partial charge on any atom is 0.259 e. The van der Waals surface area contributed by atoms with Gasteiger partial charge in [-0.3, -0.25) is 9.78 Å². The smallest absolute Gasteiger partial charge is 0.259 e. The van der Waals surface area contributed by atoms with Crippen LogP contribution in [-0.2, 0) is 6.42 Å². The molecule has 0 aliphatic carbocycles. The summed E-state index contributed by atoms with van der Waals surface area (Å²) in [7, 11) is 0. The number of rotatable bonds is 3. The molecule has 0 saturated carbocycles. The molecule has 0 spiro atoms. The SMILES string of the molecule is O=C(Nc1cccnc1)c1cccnc1N1CCCc2ccccc21. The molecule has 0 fully saturated rings. The van der Waals surface area contributed by atoms with Gasteiger partial charge in [0.2, 0.25) is 0 Å². The standard InChI is InChI=1S/C20H18N4O/c25-20(23-16-8-3-11-21-14-16)17-9-4-12-22-19(17)24-13-5-7-15-6-1-2-10-18(15)24/h1-4,6,8-12,14H,5,7,13H2,(H,23,25). The zero-order valence-corrected chi connectivity index (χ0v) is 13.7. The molecule has 0 bridgehead atoms.